The maximum absolute atomic E-state index is 12.2. The molecule has 5 rings (SSSR count). The van der Waals surface area contributed by atoms with E-state index in [-0.39, 0.29) is 29.4 Å². The second-order valence-electron chi connectivity index (χ2n) is 8.01. The van der Waals surface area contributed by atoms with Gasteiger partial charge in [-0.2, -0.15) is 0 Å². The normalized spacial score (nSPS) is 13.4. The first-order valence-corrected chi connectivity index (χ1v) is 12.5. The topological polar surface area (TPSA) is 130 Å². The van der Waals surface area contributed by atoms with E-state index in [1.807, 2.05) is 24.3 Å². The van der Waals surface area contributed by atoms with E-state index in [2.05, 4.69) is 15.4 Å². The summed E-state index contributed by atoms with van der Waals surface area (Å²) in [7, 11) is -1.94. The van der Waals surface area contributed by atoms with Crippen molar-refractivity contribution in [3.05, 3.63) is 60.7 Å². The van der Waals surface area contributed by atoms with Crippen LogP contribution in [0, 0.1) is 0 Å². The Labute approximate surface area is 217 Å². The number of fused-ring (bicyclic) bond motifs is 2. The lowest BCUT2D eigenvalue weighted by Crippen LogP contribution is -2.30. The van der Waals surface area contributed by atoms with Gasteiger partial charge < -0.3 is 15.4 Å². The van der Waals surface area contributed by atoms with Crippen molar-refractivity contribution < 1.29 is 22.7 Å². The number of hydrogen-bond acceptors (Lipinski definition) is 7. The fourth-order valence-electron chi connectivity index (χ4n) is 4.05. The number of hydrogen-bond donors (Lipinski definition) is 3. The molecule has 0 unspecified atom stereocenters. The molecule has 0 saturated carbocycles. The zero-order valence-electron chi connectivity index (χ0n) is 19.2. The van der Waals surface area contributed by atoms with Crippen molar-refractivity contribution in [1.82, 2.24) is 10.3 Å². The third-order valence-electron chi connectivity index (χ3n) is 5.53. The summed E-state index contributed by atoms with van der Waals surface area (Å²) in [6.07, 6.45) is 1.08. The Balaban J connectivity index is 0.00000304. The molecule has 1 saturated heterocycles. The van der Waals surface area contributed by atoms with Crippen LogP contribution in [0.5, 0.6) is 5.75 Å². The van der Waals surface area contributed by atoms with E-state index < -0.39 is 16.1 Å². The number of rotatable bonds is 6. The number of aromatic nitrogens is 1. The van der Waals surface area contributed by atoms with Gasteiger partial charge in [0.05, 0.1) is 53.7 Å². The highest BCUT2D eigenvalue weighted by molar-refractivity contribution is 8.93. The SMILES string of the molecule is Br.COc1cc(NS(C)(=O)=O)ccc1Nc1c2ccccc2nc2cc(N3C(=O)CNC3=O)ccc12. The quantitative estimate of drug-likeness (QED) is 0.234. The zero-order chi connectivity index (χ0) is 24.7. The molecule has 3 aromatic carbocycles. The van der Waals surface area contributed by atoms with Crippen LogP contribution in [0.2, 0.25) is 0 Å². The Bertz CT molecular complexity index is 1610. The molecule has 4 aromatic rings. The molecule has 36 heavy (non-hydrogen) atoms. The van der Waals surface area contributed by atoms with E-state index >= 15 is 0 Å². The van der Waals surface area contributed by atoms with Crippen LogP contribution >= 0.6 is 17.0 Å². The molecule has 3 amide bonds. The predicted molar refractivity (Wildman–Crippen MR) is 145 cm³/mol. The third kappa shape index (κ3) is 4.77. The monoisotopic (exact) mass is 571 g/mol. The highest BCUT2D eigenvalue weighted by Gasteiger charge is 2.30. The number of carbonyl (C=O) groups is 2. The Morgan fingerprint density at radius 3 is 2.44 bits per heavy atom. The number of para-hydroxylation sites is 1. The smallest absolute Gasteiger partial charge is 0.329 e. The van der Waals surface area contributed by atoms with Crippen molar-refractivity contribution in [3.8, 4) is 5.75 Å². The Kier molecular flexibility index (Phi) is 6.74. The second-order valence-corrected chi connectivity index (χ2v) is 9.76. The molecule has 3 N–H and O–H groups in total. The average molecular weight is 572 g/mol. The number of urea groups is 1. The summed E-state index contributed by atoms with van der Waals surface area (Å²) in [5.74, 6) is 0.102. The van der Waals surface area contributed by atoms with Crippen LogP contribution in [0.3, 0.4) is 0 Å². The Morgan fingerprint density at radius 2 is 1.75 bits per heavy atom. The molecule has 2 heterocycles. The number of methoxy groups -OCH3 is 1. The number of pyridine rings is 1. The lowest BCUT2D eigenvalue weighted by atomic mass is 10.1. The number of nitrogens with zero attached hydrogens (tertiary/aromatic N) is 2. The lowest BCUT2D eigenvalue weighted by molar-refractivity contribution is -0.115. The van der Waals surface area contributed by atoms with Gasteiger partial charge in [-0.1, -0.05) is 18.2 Å². The van der Waals surface area contributed by atoms with Crippen LogP contribution < -0.4 is 25.0 Å². The highest BCUT2D eigenvalue weighted by Crippen LogP contribution is 2.38. The van der Waals surface area contributed by atoms with E-state index in [0.29, 0.717) is 33.8 Å². The lowest BCUT2D eigenvalue weighted by Gasteiger charge is -2.18. The molecule has 0 radical (unpaired) electrons. The summed E-state index contributed by atoms with van der Waals surface area (Å²) in [6.45, 7) is -0.0429. The summed E-state index contributed by atoms with van der Waals surface area (Å²) in [6, 6.07) is 17.2. The number of nitrogens with one attached hydrogen (secondary N) is 3. The van der Waals surface area contributed by atoms with Gasteiger partial charge in [0, 0.05) is 16.8 Å². The highest BCUT2D eigenvalue weighted by atomic mass is 79.9. The molecule has 0 spiro atoms. The molecule has 1 aromatic heterocycles. The van der Waals surface area contributed by atoms with Crippen LogP contribution in [0.4, 0.5) is 27.5 Å². The average Bonchev–Trinajstić information content (AvgIpc) is 3.16. The van der Waals surface area contributed by atoms with Crippen LogP contribution in [0.15, 0.2) is 60.7 Å². The van der Waals surface area contributed by atoms with Gasteiger partial charge in [0.15, 0.2) is 0 Å². The fourth-order valence-corrected chi connectivity index (χ4v) is 4.60. The minimum Gasteiger partial charge on any atom is -0.494 e. The molecule has 1 aliphatic heterocycles. The Morgan fingerprint density at radius 1 is 1.00 bits per heavy atom. The van der Waals surface area contributed by atoms with Crippen molar-refractivity contribution in [2.75, 3.05) is 34.8 Å². The number of amides is 3. The summed E-state index contributed by atoms with van der Waals surface area (Å²) in [5, 5.41) is 7.54. The van der Waals surface area contributed by atoms with Gasteiger partial charge in [0.2, 0.25) is 10.0 Å². The number of anilines is 4. The molecule has 1 fully saturated rings. The van der Waals surface area contributed by atoms with E-state index in [4.69, 9.17) is 9.72 Å². The number of imide groups is 1. The van der Waals surface area contributed by atoms with Crippen LogP contribution in [0.1, 0.15) is 0 Å². The zero-order valence-corrected chi connectivity index (χ0v) is 21.8. The first kappa shape index (κ1) is 25.2. The van der Waals surface area contributed by atoms with Gasteiger partial charge in [-0.25, -0.2) is 23.1 Å². The molecule has 186 valence electrons. The van der Waals surface area contributed by atoms with Gasteiger partial charge in [-0.3, -0.25) is 9.52 Å². The van der Waals surface area contributed by atoms with Crippen molar-refractivity contribution in [2.24, 2.45) is 0 Å². The number of sulfonamides is 1. The summed E-state index contributed by atoms with van der Waals surface area (Å²) < 4.78 is 31.2. The molecule has 10 nitrogen and oxygen atoms in total. The van der Waals surface area contributed by atoms with Crippen LogP contribution in [0.25, 0.3) is 21.8 Å². The summed E-state index contributed by atoms with van der Waals surface area (Å²) in [4.78, 5) is 30.1. The second kappa shape index (κ2) is 9.63. The first-order chi connectivity index (χ1) is 16.7. The molecule has 0 bridgehead atoms. The number of halogens is 1. The van der Waals surface area contributed by atoms with E-state index in [9.17, 15) is 18.0 Å². The molecular formula is C24H22BrN5O5S. The molecule has 0 aliphatic carbocycles. The standard InChI is InChI=1S/C24H21N5O5S.BrH/c1-34-21-11-14(28-35(2,32)33)7-10-19(21)27-23-16-5-3-4-6-18(16)26-20-12-15(8-9-17(20)23)29-22(30)13-25-24(29)31;/h3-12,28H,13H2,1-2H3,(H,25,31)(H,26,27);1H. The van der Waals surface area contributed by atoms with Crippen molar-refractivity contribution in [2.45, 2.75) is 0 Å². The van der Waals surface area contributed by atoms with E-state index in [0.717, 1.165) is 27.6 Å². The van der Waals surface area contributed by atoms with Crippen molar-refractivity contribution in [1.29, 1.82) is 0 Å². The largest absolute Gasteiger partial charge is 0.494 e. The fraction of sp³-hybridized carbons (Fsp3) is 0.125. The number of benzene rings is 3. The molecule has 0 atom stereocenters. The summed E-state index contributed by atoms with van der Waals surface area (Å²) >= 11 is 0. The molecule has 1 aliphatic rings. The minimum atomic E-state index is -3.44. The first-order valence-electron chi connectivity index (χ1n) is 10.6. The maximum Gasteiger partial charge on any atom is 0.329 e. The maximum atomic E-state index is 12.2. The van der Waals surface area contributed by atoms with Gasteiger partial charge >= 0.3 is 6.03 Å². The van der Waals surface area contributed by atoms with Gasteiger partial charge in [-0.05, 0) is 36.4 Å². The van der Waals surface area contributed by atoms with Gasteiger partial charge in [-0.15, -0.1) is 17.0 Å². The van der Waals surface area contributed by atoms with Crippen LogP contribution in [-0.4, -0.2) is 45.3 Å². The van der Waals surface area contributed by atoms with Crippen molar-refractivity contribution >= 4 is 83.5 Å². The summed E-state index contributed by atoms with van der Waals surface area (Å²) in [5.41, 5.74) is 3.47. The van der Waals surface area contributed by atoms with Crippen molar-refractivity contribution in [3.63, 3.8) is 0 Å². The number of carbonyl (C=O) groups excluding carboxylic acids is 2. The van der Waals surface area contributed by atoms with Gasteiger partial charge in [0.25, 0.3) is 5.91 Å². The van der Waals surface area contributed by atoms with E-state index in [1.165, 1.54) is 7.11 Å². The minimum absolute atomic E-state index is 0. The number of ether oxygens (including phenoxy) is 1. The van der Waals surface area contributed by atoms with Gasteiger partial charge in [0.1, 0.15) is 5.75 Å². The molecule has 12 heteroatoms. The predicted octanol–water partition coefficient (Wildman–Crippen LogP) is 4.15. The molecular weight excluding hydrogens is 550 g/mol. The van der Waals surface area contributed by atoms with E-state index in [1.54, 1.807) is 36.4 Å². The van der Waals surface area contributed by atoms with Crippen LogP contribution in [-0.2, 0) is 14.8 Å². The third-order valence-corrected chi connectivity index (χ3v) is 6.14. The Hall–Kier alpha value is -3.90.